The largest absolute Gasteiger partial charge is 0.496 e. The van der Waals surface area contributed by atoms with Gasteiger partial charge in [0.15, 0.2) is 5.96 Å². The Hall–Kier alpha value is -1.03. The Balaban J connectivity index is 0.00000529. The van der Waals surface area contributed by atoms with E-state index in [1.54, 1.807) is 7.11 Å². The molecular weight excluding hydrogens is 441 g/mol. The van der Waals surface area contributed by atoms with Gasteiger partial charge in [-0.05, 0) is 31.9 Å². The van der Waals surface area contributed by atoms with Crippen molar-refractivity contribution in [2.75, 3.05) is 32.2 Å². The molecule has 24 heavy (non-hydrogen) atoms. The third kappa shape index (κ3) is 9.31. The SMILES string of the molecule is CCNC(=NCc1ccc(C)cc1OC)NCCCS(C)(=O)=O.I. The molecule has 0 atom stereocenters. The lowest BCUT2D eigenvalue weighted by Crippen LogP contribution is -2.38. The lowest BCUT2D eigenvalue weighted by molar-refractivity contribution is 0.409. The fraction of sp³-hybridized carbons (Fsp3) is 0.562. The number of ether oxygens (including phenoxy) is 1. The number of guanidine groups is 1. The van der Waals surface area contributed by atoms with Gasteiger partial charge in [-0.1, -0.05) is 12.1 Å². The molecule has 8 heteroatoms. The quantitative estimate of drug-likeness (QED) is 0.264. The number of hydrogen-bond donors (Lipinski definition) is 2. The van der Waals surface area contributed by atoms with Gasteiger partial charge in [-0.3, -0.25) is 0 Å². The monoisotopic (exact) mass is 469 g/mol. The molecule has 138 valence electrons. The normalized spacial score (nSPS) is 11.6. The minimum Gasteiger partial charge on any atom is -0.496 e. The van der Waals surface area contributed by atoms with E-state index >= 15 is 0 Å². The van der Waals surface area contributed by atoms with E-state index < -0.39 is 9.84 Å². The molecule has 1 rings (SSSR count). The molecule has 0 bridgehead atoms. The van der Waals surface area contributed by atoms with Gasteiger partial charge in [0, 0.05) is 24.9 Å². The summed E-state index contributed by atoms with van der Waals surface area (Å²) in [5.74, 6) is 1.66. The summed E-state index contributed by atoms with van der Waals surface area (Å²) in [5.41, 5.74) is 2.15. The molecule has 0 aliphatic carbocycles. The number of halogens is 1. The number of benzene rings is 1. The summed E-state index contributed by atoms with van der Waals surface area (Å²) < 4.78 is 27.6. The Morgan fingerprint density at radius 1 is 1.29 bits per heavy atom. The summed E-state index contributed by atoms with van der Waals surface area (Å²) in [6.07, 6.45) is 1.80. The van der Waals surface area contributed by atoms with Crippen LogP contribution < -0.4 is 15.4 Å². The molecule has 0 spiro atoms. The first kappa shape index (κ1) is 23.0. The van der Waals surface area contributed by atoms with Crippen LogP contribution in [0.4, 0.5) is 0 Å². The second-order valence-electron chi connectivity index (χ2n) is 5.42. The second-order valence-corrected chi connectivity index (χ2v) is 7.68. The lowest BCUT2D eigenvalue weighted by atomic mass is 10.1. The predicted molar refractivity (Wildman–Crippen MR) is 110 cm³/mol. The molecule has 6 nitrogen and oxygen atoms in total. The van der Waals surface area contributed by atoms with Crippen LogP contribution in [0.15, 0.2) is 23.2 Å². The topological polar surface area (TPSA) is 79.8 Å². The van der Waals surface area contributed by atoms with Crippen LogP contribution in [0.25, 0.3) is 0 Å². The van der Waals surface area contributed by atoms with Crippen LogP contribution in [0.1, 0.15) is 24.5 Å². The zero-order chi connectivity index (χ0) is 17.3. The summed E-state index contributed by atoms with van der Waals surface area (Å²) in [5, 5.41) is 6.29. The molecule has 1 aromatic rings. The van der Waals surface area contributed by atoms with Crippen LogP contribution in [0.5, 0.6) is 5.75 Å². The number of hydrogen-bond acceptors (Lipinski definition) is 4. The van der Waals surface area contributed by atoms with E-state index in [9.17, 15) is 8.42 Å². The van der Waals surface area contributed by atoms with E-state index in [1.807, 2.05) is 32.0 Å². The van der Waals surface area contributed by atoms with Gasteiger partial charge in [0.1, 0.15) is 15.6 Å². The number of methoxy groups -OCH3 is 1. The van der Waals surface area contributed by atoms with Crippen LogP contribution >= 0.6 is 24.0 Å². The number of rotatable bonds is 8. The van der Waals surface area contributed by atoms with Crippen molar-refractivity contribution >= 4 is 39.8 Å². The van der Waals surface area contributed by atoms with E-state index in [2.05, 4.69) is 15.6 Å². The first-order valence-electron chi connectivity index (χ1n) is 7.69. The molecule has 2 N–H and O–H groups in total. The smallest absolute Gasteiger partial charge is 0.191 e. The van der Waals surface area contributed by atoms with Crippen molar-refractivity contribution in [3.8, 4) is 5.75 Å². The van der Waals surface area contributed by atoms with Gasteiger partial charge in [0.25, 0.3) is 0 Å². The number of nitrogens with zero attached hydrogens (tertiary/aromatic N) is 1. The number of nitrogens with one attached hydrogen (secondary N) is 2. The van der Waals surface area contributed by atoms with Crippen LogP contribution in [0.3, 0.4) is 0 Å². The van der Waals surface area contributed by atoms with Crippen molar-refractivity contribution in [2.24, 2.45) is 4.99 Å². The Kier molecular flexibility index (Phi) is 11.0. The van der Waals surface area contributed by atoms with E-state index in [-0.39, 0.29) is 29.7 Å². The summed E-state index contributed by atoms with van der Waals surface area (Å²) in [4.78, 5) is 4.52. The van der Waals surface area contributed by atoms with E-state index in [1.165, 1.54) is 6.26 Å². The van der Waals surface area contributed by atoms with Crippen LogP contribution in [0.2, 0.25) is 0 Å². The Morgan fingerprint density at radius 3 is 2.58 bits per heavy atom. The molecule has 0 heterocycles. The minimum absolute atomic E-state index is 0. The van der Waals surface area contributed by atoms with Gasteiger partial charge in [-0.2, -0.15) is 0 Å². The Morgan fingerprint density at radius 2 is 2.00 bits per heavy atom. The van der Waals surface area contributed by atoms with Gasteiger partial charge < -0.3 is 15.4 Å². The van der Waals surface area contributed by atoms with Crippen molar-refractivity contribution < 1.29 is 13.2 Å². The molecule has 0 aliphatic heterocycles. The highest BCUT2D eigenvalue weighted by molar-refractivity contribution is 14.0. The molecule has 0 aromatic heterocycles. The molecular formula is C16H28IN3O3S. The van der Waals surface area contributed by atoms with Crippen LogP contribution in [-0.4, -0.2) is 46.6 Å². The molecule has 0 unspecified atom stereocenters. The van der Waals surface area contributed by atoms with Gasteiger partial charge in [0.2, 0.25) is 0 Å². The molecule has 0 saturated carbocycles. The number of aryl methyl sites for hydroxylation is 1. The van der Waals surface area contributed by atoms with E-state index in [0.717, 1.165) is 23.4 Å². The summed E-state index contributed by atoms with van der Waals surface area (Å²) in [6, 6.07) is 6.02. The van der Waals surface area contributed by atoms with Crippen molar-refractivity contribution in [2.45, 2.75) is 26.8 Å². The number of sulfone groups is 1. The number of aliphatic imine (C=N–C) groups is 1. The Labute approximate surface area is 162 Å². The highest BCUT2D eigenvalue weighted by atomic mass is 127. The molecule has 0 fully saturated rings. The summed E-state index contributed by atoms with van der Waals surface area (Å²) in [6.45, 7) is 5.79. The fourth-order valence-corrected chi connectivity index (χ4v) is 2.70. The van der Waals surface area contributed by atoms with E-state index in [0.29, 0.717) is 25.5 Å². The van der Waals surface area contributed by atoms with Gasteiger partial charge >= 0.3 is 0 Å². The average molecular weight is 469 g/mol. The molecule has 0 amide bonds. The molecule has 0 aliphatic rings. The Bertz CT molecular complexity index is 633. The van der Waals surface area contributed by atoms with Crippen molar-refractivity contribution in [3.05, 3.63) is 29.3 Å². The second kappa shape index (κ2) is 11.5. The third-order valence-corrected chi connectivity index (χ3v) is 4.21. The maximum Gasteiger partial charge on any atom is 0.191 e. The van der Waals surface area contributed by atoms with Gasteiger partial charge in [-0.25, -0.2) is 13.4 Å². The summed E-state index contributed by atoms with van der Waals surface area (Å²) >= 11 is 0. The highest BCUT2D eigenvalue weighted by Crippen LogP contribution is 2.20. The maximum atomic E-state index is 11.1. The summed E-state index contributed by atoms with van der Waals surface area (Å²) in [7, 11) is -1.27. The van der Waals surface area contributed by atoms with Crippen molar-refractivity contribution in [3.63, 3.8) is 0 Å². The zero-order valence-corrected chi connectivity index (χ0v) is 17.9. The average Bonchev–Trinajstić information content (AvgIpc) is 2.48. The standard InChI is InChI=1S/C16H27N3O3S.HI/c1-5-17-16(18-9-6-10-23(4,20)21)19-12-14-8-7-13(2)11-15(14)22-3;/h7-8,11H,5-6,9-10,12H2,1-4H3,(H2,17,18,19);1H. The fourth-order valence-electron chi connectivity index (χ4n) is 2.03. The van der Waals surface area contributed by atoms with Crippen molar-refractivity contribution in [1.29, 1.82) is 0 Å². The predicted octanol–water partition coefficient (Wildman–Crippen LogP) is 2.11. The molecule has 1 aromatic carbocycles. The highest BCUT2D eigenvalue weighted by Gasteiger charge is 2.05. The molecule has 0 radical (unpaired) electrons. The van der Waals surface area contributed by atoms with Gasteiger partial charge in [0.05, 0.1) is 19.4 Å². The van der Waals surface area contributed by atoms with Crippen molar-refractivity contribution in [1.82, 2.24) is 10.6 Å². The zero-order valence-electron chi connectivity index (χ0n) is 14.8. The van der Waals surface area contributed by atoms with E-state index in [4.69, 9.17) is 4.74 Å². The van der Waals surface area contributed by atoms with Crippen LogP contribution in [0, 0.1) is 6.92 Å². The third-order valence-electron chi connectivity index (χ3n) is 3.18. The first-order valence-corrected chi connectivity index (χ1v) is 9.75. The lowest BCUT2D eigenvalue weighted by Gasteiger charge is -2.12. The molecule has 0 saturated heterocycles. The minimum atomic E-state index is -2.92. The maximum absolute atomic E-state index is 11.1. The van der Waals surface area contributed by atoms with Gasteiger partial charge in [-0.15, -0.1) is 24.0 Å². The first-order chi connectivity index (χ1) is 10.9. The van der Waals surface area contributed by atoms with Crippen LogP contribution in [-0.2, 0) is 16.4 Å².